The van der Waals surface area contributed by atoms with Crippen LogP contribution in [0.4, 0.5) is 0 Å². The van der Waals surface area contributed by atoms with Gasteiger partial charge in [0, 0.05) is 16.7 Å². The van der Waals surface area contributed by atoms with Gasteiger partial charge < -0.3 is 4.74 Å². The zero-order valence-corrected chi connectivity index (χ0v) is 15.9. The van der Waals surface area contributed by atoms with E-state index < -0.39 is 11.8 Å². The predicted octanol–water partition coefficient (Wildman–Crippen LogP) is 5.13. The van der Waals surface area contributed by atoms with E-state index in [0.29, 0.717) is 0 Å². The van der Waals surface area contributed by atoms with Crippen LogP contribution in [-0.4, -0.2) is 17.5 Å². The van der Waals surface area contributed by atoms with Gasteiger partial charge in [-0.15, -0.1) is 0 Å². The molecule has 3 aromatic carbocycles. The number of rotatable bonds is 3. The van der Waals surface area contributed by atoms with Crippen molar-refractivity contribution < 1.29 is 19.1 Å². The number of carbonyl (C=O) groups excluding carboxylic acids is 3. The summed E-state index contributed by atoms with van der Waals surface area (Å²) in [4.78, 5) is 38.3. The topological polar surface area (TPSA) is 60.4 Å². The number of ether oxygens (including phenoxy) is 1. The lowest BCUT2D eigenvalue weighted by atomic mass is 9.83. The summed E-state index contributed by atoms with van der Waals surface area (Å²) >= 11 is 12.6. The van der Waals surface area contributed by atoms with Crippen LogP contribution >= 0.6 is 23.2 Å². The van der Waals surface area contributed by atoms with E-state index in [4.69, 9.17) is 27.9 Å². The van der Waals surface area contributed by atoms with Crippen LogP contribution in [-0.2, 0) is 11.3 Å². The quantitative estimate of drug-likeness (QED) is 0.439. The third-order valence-corrected chi connectivity index (χ3v) is 5.20. The number of hydrogen-bond donors (Lipinski definition) is 0. The van der Waals surface area contributed by atoms with Crippen LogP contribution in [0.3, 0.4) is 0 Å². The van der Waals surface area contributed by atoms with Gasteiger partial charge in [0.2, 0.25) is 0 Å². The third kappa shape index (κ3) is 3.01. The first-order valence-corrected chi connectivity index (χ1v) is 9.16. The highest BCUT2D eigenvalue weighted by atomic mass is 35.5. The van der Waals surface area contributed by atoms with E-state index in [1.807, 2.05) is 30.3 Å². The summed E-state index contributed by atoms with van der Waals surface area (Å²) < 4.78 is 5.29. The van der Waals surface area contributed by atoms with Crippen molar-refractivity contribution in [2.45, 2.75) is 6.61 Å². The van der Waals surface area contributed by atoms with Crippen LogP contribution in [0.2, 0.25) is 10.0 Å². The average molecular weight is 411 g/mol. The molecule has 1 aliphatic carbocycles. The molecule has 1 aliphatic rings. The number of carbonyl (C=O) groups is 3. The Morgan fingerprint density at radius 1 is 0.821 bits per heavy atom. The van der Waals surface area contributed by atoms with E-state index in [-0.39, 0.29) is 50.3 Å². The maximum atomic E-state index is 12.9. The largest absolute Gasteiger partial charge is 0.457 e. The molecule has 0 aromatic heterocycles. The van der Waals surface area contributed by atoms with Gasteiger partial charge in [0.05, 0.1) is 21.2 Å². The first kappa shape index (κ1) is 18.4. The maximum absolute atomic E-state index is 12.9. The Kier molecular flexibility index (Phi) is 4.75. The Morgan fingerprint density at radius 2 is 1.43 bits per heavy atom. The molecule has 138 valence electrons. The molecule has 0 atom stereocenters. The second kappa shape index (κ2) is 7.23. The summed E-state index contributed by atoms with van der Waals surface area (Å²) in [6.45, 7) is 0.0269. The van der Waals surface area contributed by atoms with Crippen molar-refractivity contribution in [2.24, 2.45) is 0 Å². The minimum atomic E-state index is -0.763. The molecular weight excluding hydrogens is 399 g/mol. The number of benzene rings is 3. The fraction of sp³-hybridized carbons (Fsp3) is 0.0455. The van der Waals surface area contributed by atoms with E-state index >= 15 is 0 Å². The Bertz CT molecular complexity index is 1140. The molecule has 0 saturated carbocycles. The normalized spacial score (nSPS) is 12.4. The number of hydrogen-bond acceptors (Lipinski definition) is 4. The molecular formula is C22H12Cl2O4. The van der Waals surface area contributed by atoms with E-state index in [0.717, 1.165) is 5.56 Å². The first-order chi connectivity index (χ1) is 13.5. The molecule has 4 nitrogen and oxygen atoms in total. The van der Waals surface area contributed by atoms with Gasteiger partial charge in [-0.05, 0) is 11.6 Å². The molecule has 0 saturated heterocycles. The zero-order valence-electron chi connectivity index (χ0n) is 14.4. The minimum Gasteiger partial charge on any atom is -0.457 e. The standard InChI is InChI=1S/C22H12Cl2O4/c23-16-10-15-17(21(26)14-9-5-4-8-13(14)20(15)25)19(24)18(16)22(27)28-11-12-6-2-1-3-7-12/h1-10H,11H2. The lowest BCUT2D eigenvalue weighted by Crippen LogP contribution is -2.23. The van der Waals surface area contributed by atoms with Crippen molar-refractivity contribution in [3.63, 3.8) is 0 Å². The molecule has 0 unspecified atom stereocenters. The highest BCUT2D eigenvalue weighted by molar-refractivity contribution is 6.44. The van der Waals surface area contributed by atoms with Gasteiger partial charge in [-0.25, -0.2) is 4.79 Å². The Morgan fingerprint density at radius 3 is 2.11 bits per heavy atom. The van der Waals surface area contributed by atoms with Gasteiger partial charge in [-0.2, -0.15) is 0 Å². The molecule has 0 spiro atoms. The van der Waals surface area contributed by atoms with Crippen LogP contribution < -0.4 is 0 Å². The molecule has 3 aromatic rings. The minimum absolute atomic E-state index is 0.0265. The molecule has 4 rings (SSSR count). The second-order valence-electron chi connectivity index (χ2n) is 6.24. The smallest absolute Gasteiger partial charge is 0.341 e. The van der Waals surface area contributed by atoms with E-state index in [9.17, 15) is 14.4 Å². The van der Waals surface area contributed by atoms with Gasteiger partial charge in [-0.3, -0.25) is 9.59 Å². The van der Waals surface area contributed by atoms with Gasteiger partial charge in [0.1, 0.15) is 6.61 Å². The van der Waals surface area contributed by atoms with Crippen LogP contribution in [0.1, 0.15) is 47.8 Å². The molecule has 28 heavy (non-hydrogen) atoms. The summed E-state index contributed by atoms with van der Waals surface area (Å²) in [5.41, 5.74) is 1.25. The van der Waals surface area contributed by atoms with Crippen molar-refractivity contribution in [1.82, 2.24) is 0 Å². The van der Waals surface area contributed by atoms with E-state index in [1.54, 1.807) is 24.3 Å². The fourth-order valence-corrected chi connectivity index (χ4v) is 3.86. The van der Waals surface area contributed by atoms with Crippen molar-refractivity contribution in [3.8, 4) is 0 Å². The monoisotopic (exact) mass is 410 g/mol. The maximum Gasteiger partial charge on any atom is 0.341 e. The number of halogens is 2. The molecule has 6 heteroatoms. The molecule has 0 radical (unpaired) electrons. The summed E-state index contributed by atoms with van der Waals surface area (Å²) in [6.07, 6.45) is 0. The summed E-state index contributed by atoms with van der Waals surface area (Å²) in [5.74, 6) is -1.55. The SMILES string of the molecule is O=C1c2ccccc2C(=O)c2c1cc(Cl)c(C(=O)OCc1ccccc1)c2Cl. The lowest BCUT2D eigenvalue weighted by molar-refractivity contribution is 0.0473. The summed E-state index contributed by atoms with van der Waals surface area (Å²) in [7, 11) is 0. The molecule has 0 aliphatic heterocycles. The molecule has 0 bridgehead atoms. The second-order valence-corrected chi connectivity index (χ2v) is 7.02. The van der Waals surface area contributed by atoms with Crippen LogP contribution in [0.5, 0.6) is 0 Å². The average Bonchev–Trinajstić information content (AvgIpc) is 2.71. The highest BCUT2D eigenvalue weighted by Gasteiger charge is 2.35. The zero-order chi connectivity index (χ0) is 19.8. The van der Waals surface area contributed by atoms with Crippen molar-refractivity contribution in [1.29, 1.82) is 0 Å². The molecule has 0 heterocycles. The van der Waals surface area contributed by atoms with Crippen molar-refractivity contribution in [3.05, 3.63) is 104 Å². The number of esters is 1. The van der Waals surface area contributed by atoms with E-state index in [1.165, 1.54) is 6.07 Å². The van der Waals surface area contributed by atoms with Crippen molar-refractivity contribution >= 4 is 40.7 Å². The van der Waals surface area contributed by atoms with Crippen molar-refractivity contribution in [2.75, 3.05) is 0 Å². The molecule has 0 N–H and O–H groups in total. The summed E-state index contributed by atoms with van der Waals surface area (Å²) in [5, 5.41) is -0.212. The van der Waals surface area contributed by atoms with E-state index in [2.05, 4.69) is 0 Å². The third-order valence-electron chi connectivity index (χ3n) is 4.52. The van der Waals surface area contributed by atoms with Crippen LogP contribution in [0.15, 0.2) is 60.7 Å². The predicted molar refractivity (Wildman–Crippen MR) is 105 cm³/mol. The highest BCUT2D eigenvalue weighted by Crippen LogP contribution is 2.37. The van der Waals surface area contributed by atoms with Crippen LogP contribution in [0.25, 0.3) is 0 Å². The molecule has 0 amide bonds. The number of ketones is 2. The Hall–Kier alpha value is -2.95. The first-order valence-electron chi connectivity index (χ1n) is 8.40. The van der Waals surface area contributed by atoms with Gasteiger partial charge in [0.25, 0.3) is 0 Å². The van der Waals surface area contributed by atoms with Crippen LogP contribution in [0, 0.1) is 0 Å². The molecule has 0 fully saturated rings. The Labute approximate surface area is 170 Å². The summed E-state index contributed by atoms with van der Waals surface area (Å²) in [6, 6.07) is 16.9. The number of fused-ring (bicyclic) bond motifs is 2. The van der Waals surface area contributed by atoms with Gasteiger partial charge in [-0.1, -0.05) is 77.8 Å². The Balaban J connectivity index is 1.74. The van der Waals surface area contributed by atoms with Gasteiger partial charge >= 0.3 is 5.97 Å². The fourth-order valence-electron chi connectivity index (χ4n) is 3.16. The lowest BCUT2D eigenvalue weighted by Gasteiger charge is -2.20. The van der Waals surface area contributed by atoms with Gasteiger partial charge in [0.15, 0.2) is 11.6 Å².